The van der Waals surface area contributed by atoms with E-state index in [-0.39, 0.29) is 30.0 Å². The minimum absolute atomic E-state index is 0.0404. The molecule has 0 aliphatic carbocycles. The summed E-state index contributed by atoms with van der Waals surface area (Å²) in [6.45, 7) is 0.853. The molecule has 2 amide bonds. The molecule has 0 radical (unpaired) electrons. The van der Waals surface area contributed by atoms with E-state index in [2.05, 4.69) is 15.4 Å². The van der Waals surface area contributed by atoms with E-state index in [4.69, 9.17) is 0 Å². The fourth-order valence-electron chi connectivity index (χ4n) is 3.67. The molecular formula is C22H18FN5O2S. The lowest BCUT2D eigenvalue weighted by molar-refractivity contribution is -0.128. The van der Waals surface area contributed by atoms with Crippen molar-refractivity contribution in [2.75, 3.05) is 11.9 Å². The highest BCUT2D eigenvalue weighted by Crippen LogP contribution is 2.27. The first-order valence-corrected chi connectivity index (χ1v) is 10.7. The Bertz CT molecular complexity index is 1250. The van der Waals surface area contributed by atoms with Crippen molar-refractivity contribution in [3.63, 3.8) is 0 Å². The van der Waals surface area contributed by atoms with Crippen molar-refractivity contribution in [3.8, 4) is 11.3 Å². The maximum Gasteiger partial charge on any atom is 0.250 e. The van der Waals surface area contributed by atoms with Crippen LogP contribution >= 0.6 is 11.3 Å². The molecule has 0 spiro atoms. The monoisotopic (exact) mass is 435 g/mol. The SMILES string of the molecule is O=C(Nc1nc2scc(-c3ccc(F)cc3)n2n1)C1CC(=O)N(Cc2ccccc2)C1. The first-order chi connectivity index (χ1) is 15.1. The highest BCUT2D eigenvalue weighted by atomic mass is 32.1. The first-order valence-electron chi connectivity index (χ1n) is 9.79. The van der Waals surface area contributed by atoms with Gasteiger partial charge in [0.15, 0.2) is 0 Å². The molecule has 9 heteroatoms. The molecule has 31 heavy (non-hydrogen) atoms. The molecule has 4 aromatic rings. The molecule has 156 valence electrons. The predicted molar refractivity (Wildman–Crippen MR) is 115 cm³/mol. The van der Waals surface area contributed by atoms with Crippen LogP contribution in [0.25, 0.3) is 16.2 Å². The normalized spacial score (nSPS) is 16.2. The Morgan fingerprint density at radius 2 is 1.94 bits per heavy atom. The average molecular weight is 435 g/mol. The summed E-state index contributed by atoms with van der Waals surface area (Å²) < 4.78 is 14.8. The molecule has 1 unspecified atom stereocenters. The minimum atomic E-state index is -0.450. The van der Waals surface area contributed by atoms with Crippen LogP contribution in [0, 0.1) is 11.7 Å². The number of benzene rings is 2. The number of amides is 2. The van der Waals surface area contributed by atoms with Gasteiger partial charge in [-0.15, -0.1) is 16.4 Å². The van der Waals surface area contributed by atoms with Crippen molar-refractivity contribution in [2.45, 2.75) is 13.0 Å². The van der Waals surface area contributed by atoms with Crippen LogP contribution in [0.3, 0.4) is 0 Å². The van der Waals surface area contributed by atoms with Gasteiger partial charge in [-0.25, -0.2) is 8.91 Å². The second-order valence-electron chi connectivity index (χ2n) is 7.41. The van der Waals surface area contributed by atoms with E-state index in [1.807, 2.05) is 35.7 Å². The van der Waals surface area contributed by atoms with E-state index >= 15 is 0 Å². The standard InChI is InChI=1S/C22H18FN5O2S/c23-17-8-6-15(7-9-17)18-13-31-22-25-21(26-28(18)22)24-20(30)16-10-19(29)27(12-16)11-14-4-2-1-3-5-14/h1-9,13,16H,10-12H2,(H,24,26,30). The van der Waals surface area contributed by atoms with Crippen LogP contribution in [-0.4, -0.2) is 37.9 Å². The number of anilines is 1. The second-order valence-corrected chi connectivity index (χ2v) is 8.24. The second kappa shape index (κ2) is 7.92. The van der Waals surface area contributed by atoms with Crippen molar-refractivity contribution in [1.82, 2.24) is 19.5 Å². The molecule has 7 nitrogen and oxygen atoms in total. The Kier molecular flexibility index (Phi) is 4.95. The van der Waals surface area contributed by atoms with Crippen LogP contribution in [0.5, 0.6) is 0 Å². The molecule has 1 saturated heterocycles. The number of hydrogen-bond acceptors (Lipinski definition) is 5. The molecule has 1 aliphatic heterocycles. The Labute approximate surface area is 181 Å². The number of aromatic nitrogens is 3. The minimum Gasteiger partial charge on any atom is -0.338 e. The smallest absolute Gasteiger partial charge is 0.250 e. The number of halogens is 1. The van der Waals surface area contributed by atoms with Crippen LogP contribution in [-0.2, 0) is 16.1 Å². The van der Waals surface area contributed by atoms with Crippen LogP contribution in [0.15, 0.2) is 60.0 Å². The predicted octanol–water partition coefficient (Wildman–Crippen LogP) is 3.58. The summed E-state index contributed by atoms with van der Waals surface area (Å²) in [4.78, 5) is 31.8. The van der Waals surface area contributed by atoms with Crippen molar-refractivity contribution in [3.05, 3.63) is 71.4 Å². The summed E-state index contributed by atoms with van der Waals surface area (Å²) in [6, 6.07) is 15.8. The Hall–Kier alpha value is -3.59. The lowest BCUT2D eigenvalue weighted by Gasteiger charge is -2.16. The molecule has 0 saturated carbocycles. The number of nitrogens with one attached hydrogen (secondary N) is 1. The van der Waals surface area contributed by atoms with Gasteiger partial charge in [0.25, 0.3) is 0 Å². The molecule has 1 aliphatic rings. The van der Waals surface area contributed by atoms with E-state index in [9.17, 15) is 14.0 Å². The van der Waals surface area contributed by atoms with E-state index in [1.54, 1.807) is 21.5 Å². The third-order valence-corrected chi connectivity index (χ3v) is 6.07. The maximum atomic E-state index is 13.2. The van der Waals surface area contributed by atoms with Crippen molar-refractivity contribution >= 4 is 34.1 Å². The van der Waals surface area contributed by atoms with E-state index in [0.29, 0.717) is 18.1 Å². The summed E-state index contributed by atoms with van der Waals surface area (Å²) in [5.41, 5.74) is 2.59. The first kappa shape index (κ1) is 19.4. The molecule has 3 heterocycles. The van der Waals surface area contributed by atoms with Gasteiger partial charge in [-0.2, -0.15) is 4.98 Å². The van der Waals surface area contributed by atoms with Crippen molar-refractivity contribution in [2.24, 2.45) is 5.92 Å². The third-order valence-electron chi connectivity index (χ3n) is 5.26. The molecule has 0 bridgehead atoms. The number of carbonyl (C=O) groups excluding carboxylic acids is 2. The van der Waals surface area contributed by atoms with Crippen LogP contribution in [0.2, 0.25) is 0 Å². The highest BCUT2D eigenvalue weighted by molar-refractivity contribution is 7.15. The number of thiazole rings is 1. The Morgan fingerprint density at radius 3 is 2.71 bits per heavy atom. The van der Waals surface area contributed by atoms with Gasteiger partial charge in [-0.1, -0.05) is 30.3 Å². The number of nitrogens with zero attached hydrogens (tertiary/aromatic N) is 4. The molecular weight excluding hydrogens is 417 g/mol. The zero-order valence-corrected chi connectivity index (χ0v) is 17.2. The number of rotatable bonds is 5. The lowest BCUT2D eigenvalue weighted by atomic mass is 10.1. The molecule has 2 aromatic carbocycles. The van der Waals surface area contributed by atoms with Crippen LogP contribution in [0.4, 0.5) is 10.3 Å². The van der Waals surface area contributed by atoms with Gasteiger partial charge < -0.3 is 4.90 Å². The van der Waals surface area contributed by atoms with E-state index < -0.39 is 5.92 Å². The quantitative estimate of drug-likeness (QED) is 0.520. The largest absolute Gasteiger partial charge is 0.338 e. The summed E-state index contributed by atoms with van der Waals surface area (Å²) in [6.07, 6.45) is 0.168. The van der Waals surface area contributed by atoms with Gasteiger partial charge in [-0.3, -0.25) is 14.9 Å². The summed E-state index contributed by atoms with van der Waals surface area (Å²) in [5.74, 6) is -0.885. The number of carbonyl (C=O) groups is 2. The molecule has 5 rings (SSSR count). The van der Waals surface area contributed by atoms with Gasteiger partial charge in [0.05, 0.1) is 11.6 Å². The third kappa shape index (κ3) is 3.91. The molecule has 1 fully saturated rings. The van der Waals surface area contributed by atoms with Gasteiger partial charge in [-0.05, 0) is 29.8 Å². The molecule has 1 atom stereocenters. The fraction of sp³-hybridized carbons (Fsp3) is 0.182. The van der Waals surface area contributed by atoms with Gasteiger partial charge in [0.1, 0.15) is 5.82 Å². The number of fused-ring (bicyclic) bond motifs is 1. The number of hydrogen-bond donors (Lipinski definition) is 1. The lowest BCUT2D eigenvalue weighted by Crippen LogP contribution is -2.28. The summed E-state index contributed by atoms with van der Waals surface area (Å²) >= 11 is 1.38. The zero-order chi connectivity index (χ0) is 21.4. The molecule has 1 N–H and O–H groups in total. The van der Waals surface area contributed by atoms with Gasteiger partial charge >= 0.3 is 0 Å². The zero-order valence-electron chi connectivity index (χ0n) is 16.4. The average Bonchev–Trinajstić information content (AvgIpc) is 3.44. The van der Waals surface area contributed by atoms with E-state index in [1.165, 1.54) is 23.5 Å². The number of likely N-dealkylation sites (tertiary alicyclic amines) is 1. The van der Waals surface area contributed by atoms with Crippen LogP contribution < -0.4 is 5.32 Å². The fourth-order valence-corrected chi connectivity index (χ4v) is 4.50. The van der Waals surface area contributed by atoms with Gasteiger partial charge in [0, 0.05) is 30.5 Å². The van der Waals surface area contributed by atoms with Crippen molar-refractivity contribution in [1.29, 1.82) is 0 Å². The molecule has 2 aromatic heterocycles. The highest BCUT2D eigenvalue weighted by Gasteiger charge is 2.34. The van der Waals surface area contributed by atoms with E-state index in [0.717, 1.165) is 16.8 Å². The van der Waals surface area contributed by atoms with Crippen molar-refractivity contribution < 1.29 is 14.0 Å². The summed E-state index contributed by atoms with van der Waals surface area (Å²) in [5, 5.41) is 9.00. The Balaban J connectivity index is 1.28. The topological polar surface area (TPSA) is 79.6 Å². The van der Waals surface area contributed by atoms with Gasteiger partial charge in [0.2, 0.25) is 22.7 Å². The van der Waals surface area contributed by atoms with Crippen LogP contribution in [0.1, 0.15) is 12.0 Å². The Morgan fingerprint density at radius 1 is 1.16 bits per heavy atom. The summed E-state index contributed by atoms with van der Waals surface area (Å²) in [7, 11) is 0. The maximum absolute atomic E-state index is 13.2.